The molecule has 0 bridgehead atoms. The normalized spacial score (nSPS) is 19.1. The third-order valence-corrected chi connectivity index (χ3v) is 19.5. The molecule has 4 aliphatic rings. The molecule has 1 unspecified atom stereocenters. The molecular formula is C85H138N28O12. The average Bonchev–Trinajstić information content (AvgIpc) is 1.63. The van der Waals surface area contributed by atoms with Gasteiger partial charge in [0.2, 0.25) is 35.4 Å². The first kappa shape index (κ1) is 106. The van der Waals surface area contributed by atoms with Crippen molar-refractivity contribution in [1.29, 1.82) is 0 Å². The fourth-order valence-electron chi connectivity index (χ4n) is 13.3. The Morgan fingerprint density at radius 3 is 1.39 bits per heavy atom. The summed E-state index contributed by atoms with van der Waals surface area (Å²) in [5.41, 5.74) is 23.2. The van der Waals surface area contributed by atoms with E-state index >= 15 is 0 Å². The van der Waals surface area contributed by atoms with Gasteiger partial charge in [0.05, 0.1) is 53.6 Å². The van der Waals surface area contributed by atoms with E-state index in [1.54, 1.807) is 21.4 Å². The molecule has 2 aliphatic heterocycles. The Morgan fingerprint density at radius 2 is 1.01 bits per heavy atom. The van der Waals surface area contributed by atoms with E-state index in [9.17, 15) is 38.4 Å². The summed E-state index contributed by atoms with van der Waals surface area (Å²) in [5.74, 6) is 5.67. The summed E-state index contributed by atoms with van der Waals surface area (Å²) in [6, 6.07) is 14.1. The smallest absolute Gasteiger partial charge is 0.349 e. The number of hydrogen-bond donors (Lipinski definition) is 12. The molecule has 690 valence electrons. The molecule has 125 heavy (non-hydrogen) atoms. The minimum absolute atomic E-state index is 0.000324. The van der Waals surface area contributed by atoms with Gasteiger partial charge in [0.1, 0.15) is 30.2 Å². The number of nitrogens with zero attached hydrogens (tertiary/aromatic N) is 16. The lowest BCUT2D eigenvalue weighted by molar-refractivity contribution is -0.252. The Labute approximate surface area is 734 Å². The van der Waals surface area contributed by atoms with Gasteiger partial charge >= 0.3 is 23.8 Å². The number of fused-ring (bicyclic) bond motifs is 3. The monoisotopic (exact) mass is 1740 g/mol. The van der Waals surface area contributed by atoms with Crippen molar-refractivity contribution >= 4 is 70.1 Å². The van der Waals surface area contributed by atoms with Crippen molar-refractivity contribution < 1.29 is 52.5 Å². The predicted octanol–water partition coefficient (Wildman–Crippen LogP) is 7.77. The molecule has 11 rings (SSSR count). The number of hydrogen-bond acceptors (Lipinski definition) is 26. The van der Waals surface area contributed by atoms with Gasteiger partial charge in [0.15, 0.2) is 16.9 Å². The van der Waals surface area contributed by atoms with Gasteiger partial charge in [0.25, 0.3) is 19.6 Å². The molecule has 8 atom stereocenters. The van der Waals surface area contributed by atoms with Gasteiger partial charge in [-0.3, -0.25) is 34.4 Å². The third-order valence-electron chi connectivity index (χ3n) is 19.5. The number of H-pyrrole nitrogens is 1. The third kappa shape index (κ3) is 35.4. The van der Waals surface area contributed by atoms with Crippen molar-refractivity contribution in [2.75, 3.05) is 52.8 Å². The molecule has 2 saturated heterocycles. The van der Waals surface area contributed by atoms with Gasteiger partial charge in [-0.1, -0.05) is 122 Å². The lowest BCUT2D eigenvalue weighted by atomic mass is 9.84. The van der Waals surface area contributed by atoms with E-state index in [1.165, 1.54) is 51.8 Å². The number of para-hydroxylation sites is 1. The second-order valence-electron chi connectivity index (χ2n) is 37.7. The van der Waals surface area contributed by atoms with Crippen LogP contribution in [-0.4, -0.2) is 229 Å². The van der Waals surface area contributed by atoms with Crippen LogP contribution in [0.4, 0.5) is 15.5 Å². The van der Waals surface area contributed by atoms with Crippen LogP contribution < -0.4 is 70.9 Å². The van der Waals surface area contributed by atoms with E-state index in [1.807, 2.05) is 121 Å². The van der Waals surface area contributed by atoms with Crippen molar-refractivity contribution in [3.05, 3.63) is 118 Å². The summed E-state index contributed by atoms with van der Waals surface area (Å²) < 4.78 is 24.2. The quantitative estimate of drug-likeness (QED) is 0.0110. The van der Waals surface area contributed by atoms with Crippen molar-refractivity contribution in [3.63, 3.8) is 0 Å². The van der Waals surface area contributed by atoms with E-state index in [2.05, 4.69) is 196 Å². The number of hydrazone groups is 1. The lowest BCUT2D eigenvalue weighted by Crippen LogP contribution is -2.59. The van der Waals surface area contributed by atoms with Crippen LogP contribution in [0.5, 0.6) is 11.8 Å². The molecule has 0 radical (unpaired) electrons. The van der Waals surface area contributed by atoms with Crippen LogP contribution >= 0.6 is 0 Å². The number of carbonyl (C=O) groups excluding carboxylic acids is 7. The number of amides is 8. The Morgan fingerprint density at radius 1 is 0.568 bits per heavy atom. The number of likely N-dealkylation sites (tertiary alicyclic amines) is 2. The fourth-order valence-corrected chi connectivity index (χ4v) is 13.3. The highest BCUT2D eigenvalue weighted by Crippen LogP contribution is 2.33. The Kier molecular flexibility index (Phi) is 40.0. The van der Waals surface area contributed by atoms with Gasteiger partial charge in [-0.2, -0.15) is 38.9 Å². The highest BCUT2D eigenvalue weighted by molar-refractivity contribution is 5.93. The number of urea groups is 2. The van der Waals surface area contributed by atoms with Crippen LogP contribution in [0.3, 0.4) is 0 Å². The molecule has 8 amide bonds. The minimum Gasteiger partial charge on any atom is -0.424 e. The summed E-state index contributed by atoms with van der Waals surface area (Å²) in [6.07, 6.45) is 11.1. The van der Waals surface area contributed by atoms with Gasteiger partial charge in [-0.05, 0) is 105 Å². The van der Waals surface area contributed by atoms with Crippen molar-refractivity contribution in [1.82, 2.24) is 101 Å². The number of ketones is 1. The molecule has 16 N–H and O–H groups in total. The zero-order chi connectivity index (χ0) is 94.5. The first-order valence-corrected chi connectivity index (χ1v) is 41.5. The Balaban J connectivity index is 0.000000320. The van der Waals surface area contributed by atoms with Crippen LogP contribution in [0, 0.1) is 24.0 Å². The molecule has 7 aromatic rings. The number of anilines is 1. The van der Waals surface area contributed by atoms with E-state index in [-0.39, 0.29) is 117 Å². The maximum absolute atomic E-state index is 13.5. The Bertz CT molecular complexity index is 4820. The number of carbonyl (C=O) groups is 7. The highest BCUT2D eigenvalue weighted by Gasteiger charge is 2.44. The van der Waals surface area contributed by atoms with E-state index in [0.717, 1.165) is 67.0 Å². The number of hydrazine groups is 1. The lowest BCUT2D eigenvalue weighted by Gasteiger charge is -2.43. The summed E-state index contributed by atoms with van der Waals surface area (Å²) in [5, 5.41) is 34.0. The number of primary amides is 2. The van der Waals surface area contributed by atoms with Crippen molar-refractivity contribution in [2.45, 2.75) is 293 Å². The number of aromatic nitrogens is 12. The molecule has 1 aromatic carbocycles. The number of methoxy groups -OCH3 is 3. The number of ether oxygens (including phenoxy) is 4. The topological polar surface area (TPSA) is 521 Å². The molecule has 8 heterocycles. The number of nitrogens with two attached hydrogens (primary N) is 4. The number of rotatable bonds is 16. The van der Waals surface area contributed by atoms with Crippen LogP contribution in [0.25, 0.3) is 26.6 Å². The minimum atomic E-state index is -0.718. The highest BCUT2D eigenvalue weighted by atomic mass is 16.8. The molecule has 40 heteroatoms. The molecule has 4 fully saturated rings. The van der Waals surface area contributed by atoms with Crippen LogP contribution in [-0.2, 0) is 54.4 Å². The van der Waals surface area contributed by atoms with E-state index in [4.69, 9.17) is 34.4 Å². The first-order valence-electron chi connectivity index (χ1n) is 41.5. The number of Topliss-reactive ketones (excluding diaryl/α,β-unsaturated/α-hetero) is 1. The standard InChI is InChI=1S/C25H40N8O2.C16H30N4O2.C15H16N4O.C9H12N4O.C8H14N4O.C7H11NO.C4H10O3.CH5N3O/c1-15(34)28-18-12-16(30-25(5,6)7)8-9-19(18)32-11-10-17(22(32)35)29-23-27-14-26-21-13-20(24(2,3)4)31-33(21)23;1-10(21)18-13-9-11(19-16(2,3)4)5-6-14(13)20-8-7-12(17)15(20)22;1-15(2,3)12-9-13-16-10-17-14(19(13)18-12)20-11-7-5-4-6-8-11;1-9(2,3)6-4-7-10-5-11-8(14)13(7)12-6;1-8(2,3)6(5-10-4)11-12-7(9)13;1-7(2,3)6(9)5-8-4;1-5-4(6-2)7-3;2-1(5)4-3/h13-14,16-19,30H,8-12H2,1-7H3,(H,28,34)(H,26,27,29);11-14,19H,5-9,17H2,1-4H3,(H,18,21);4-10H,1-3H3;4-5H,1-3H3,(H,10,11,14);5H2,1-3H3,(H3,9,12,13);5H2,1-3H3;4H,1-3H3;3H2,(H3,2,4,5)/b;;;;11-6+;;;/t16-,17?,18-,19+;11-,12+,13-,14+;;;;;;/m11....../s1. The van der Waals surface area contributed by atoms with E-state index in [0.29, 0.717) is 67.0 Å². The zero-order valence-corrected chi connectivity index (χ0v) is 77.9. The van der Waals surface area contributed by atoms with Gasteiger partial charge in [-0.25, -0.2) is 58.7 Å². The fraction of sp³-hybridized carbons (Fsp3) is 0.635. The van der Waals surface area contributed by atoms with Gasteiger partial charge in [0, 0.05) is 117 Å². The average molecular weight is 1740 g/mol. The predicted molar refractivity (Wildman–Crippen MR) is 478 cm³/mol. The molecule has 40 nitrogen and oxygen atoms in total. The number of nitrogens with one attached hydrogen (secondary N) is 8. The number of aromatic amines is 1. The van der Waals surface area contributed by atoms with E-state index < -0.39 is 24.6 Å². The maximum atomic E-state index is 13.5. The largest absolute Gasteiger partial charge is 0.424 e. The van der Waals surface area contributed by atoms with Crippen molar-refractivity contribution in [2.24, 2.45) is 39.0 Å². The number of benzene rings is 1. The summed E-state index contributed by atoms with van der Waals surface area (Å²) in [4.78, 5) is 125. The van der Waals surface area contributed by atoms with Gasteiger partial charge in [-0.15, -0.1) is 0 Å². The van der Waals surface area contributed by atoms with Crippen LogP contribution in [0.2, 0.25) is 0 Å². The molecule has 0 spiro atoms. The SMILES string of the molecule is CC(=O)N[C@@H]1C[C@H](NC(C)(C)C)CC[C@@H]1N1CCC(Nc2ncnc3cc(C(C)(C)C)nn23)C1=O.CC(=O)N[C@@H]1C[C@H](NC(C)(C)C)CC[C@@H]1N1CC[C@H](N)C1=O.CC(C)(C)c1cc2nc[nH]c(=O)n2n1.CC(C)(C)c1cc2ncnc(Oc3ccccc3)n2n1.COC(OC)OC.NNC(N)=O.[C-]#[N+]C/C(=N\NC(N)=O)C(C)(C)C.[C-]#[N+]CC(=O)C(C)(C)C. The summed E-state index contributed by atoms with van der Waals surface area (Å²) >= 11 is 0. The van der Waals surface area contributed by atoms with Crippen LogP contribution in [0.1, 0.15) is 228 Å². The zero-order valence-electron chi connectivity index (χ0n) is 77.9. The molecule has 2 saturated carbocycles. The summed E-state index contributed by atoms with van der Waals surface area (Å²) in [6.45, 7) is 60.1. The molecule has 2 aliphatic carbocycles. The van der Waals surface area contributed by atoms with Gasteiger partial charge < -0.3 is 82.2 Å². The maximum Gasteiger partial charge on any atom is 0.349 e. The molecule has 6 aromatic heterocycles. The second kappa shape index (κ2) is 47.2. The Hall–Kier alpha value is -11.3. The van der Waals surface area contributed by atoms with Crippen molar-refractivity contribution in [3.8, 4) is 11.8 Å². The first-order chi connectivity index (χ1) is 58.0. The summed E-state index contributed by atoms with van der Waals surface area (Å²) in [7, 11) is 4.53. The van der Waals surface area contributed by atoms with Crippen LogP contribution in [0.15, 0.2) is 77.4 Å². The second-order valence-corrected chi connectivity index (χ2v) is 37.7. The molecular weight excluding hydrogens is 1610 g/mol.